The van der Waals surface area contributed by atoms with Crippen LogP contribution in [0.15, 0.2) is 43.2 Å². The third-order valence-corrected chi connectivity index (χ3v) is 2.09. The van der Waals surface area contributed by atoms with E-state index in [4.69, 9.17) is 14.6 Å². The van der Waals surface area contributed by atoms with Gasteiger partial charge >= 0.3 is 5.97 Å². The lowest BCUT2D eigenvalue weighted by Gasteiger charge is -2.11. The molecule has 98 valence electrons. The number of esters is 1. The molecule has 4 nitrogen and oxygen atoms in total. The third kappa shape index (κ3) is 6.48. The van der Waals surface area contributed by atoms with Crippen molar-refractivity contribution in [3.63, 3.8) is 0 Å². The molecule has 0 amide bonds. The van der Waals surface area contributed by atoms with Crippen molar-refractivity contribution >= 4 is 11.9 Å². The first-order valence-corrected chi connectivity index (χ1v) is 5.58. The highest BCUT2D eigenvalue weighted by Crippen LogP contribution is 2.20. The number of carbonyl (C=O) groups excluding carboxylic acids is 1. The predicted octanol–water partition coefficient (Wildman–Crippen LogP) is 2.96. The van der Waals surface area contributed by atoms with Gasteiger partial charge in [0.1, 0.15) is 0 Å². The maximum Gasteiger partial charge on any atom is 0.318 e. The van der Waals surface area contributed by atoms with Crippen molar-refractivity contribution in [2.45, 2.75) is 26.2 Å². The first-order chi connectivity index (χ1) is 8.52. The van der Waals surface area contributed by atoms with Gasteiger partial charge in [0.2, 0.25) is 0 Å². The fraction of sp³-hybridized carbons (Fsp3) is 0.286. The zero-order valence-electron chi connectivity index (χ0n) is 10.6. The molecule has 0 unspecified atom stereocenters. The summed E-state index contributed by atoms with van der Waals surface area (Å²) in [5.74, 6) is -1.26. The summed E-state index contributed by atoms with van der Waals surface area (Å²) in [6.07, 6.45) is 1.91. The van der Waals surface area contributed by atoms with Crippen LogP contribution >= 0.6 is 0 Å². The van der Waals surface area contributed by atoms with E-state index < -0.39 is 5.97 Å². The molecule has 0 heterocycles. The second kappa shape index (κ2) is 8.98. The van der Waals surface area contributed by atoms with Crippen molar-refractivity contribution in [2.24, 2.45) is 0 Å². The average molecular weight is 250 g/mol. The van der Waals surface area contributed by atoms with Crippen molar-refractivity contribution in [3.05, 3.63) is 48.7 Å². The first-order valence-electron chi connectivity index (χ1n) is 5.58. The summed E-state index contributed by atoms with van der Waals surface area (Å²) >= 11 is 0. The van der Waals surface area contributed by atoms with Gasteiger partial charge in [-0.2, -0.15) is 0 Å². The molecule has 0 spiro atoms. The van der Waals surface area contributed by atoms with Gasteiger partial charge in [-0.05, 0) is 12.0 Å². The van der Waals surface area contributed by atoms with E-state index in [1.165, 1.54) is 6.26 Å². The highest BCUT2D eigenvalue weighted by molar-refractivity contribution is 5.78. The molecule has 1 atom stereocenters. The van der Waals surface area contributed by atoms with E-state index in [0.717, 1.165) is 18.9 Å². The molecule has 1 N–H and O–H groups in total. The van der Waals surface area contributed by atoms with Crippen LogP contribution in [0, 0.1) is 0 Å². The fourth-order valence-electron chi connectivity index (χ4n) is 1.39. The van der Waals surface area contributed by atoms with Gasteiger partial charge in [-0.25, -0.2) is 0 Å². The number of hydrogen-bond donors (Lipinski definition) is 1. The highest BCUT2D eigenvalue weighted by atomic mass is 16.5. The van der Waals surface area contributed by atoms with Crippen molar-refractivity contribution < 1.29 is 19.4 Å². The molecule has 0 saturated heterocycles. The number of hydrogen-bond acceptors (Lipinski definition) is 3. The largest absolute Gasteiger partial charge is 0.481 e. The summed E-state index contributed by atoms with van der Waals surface area (Å²) in [6, 6.07) is 9.62. The van der Waals surface area contributed by atoms with Crippen LogP contribution in [0.1, 0.15) is 31.7 Å². The molecule has 1 aromatic rings. The average Bonchev–Trinajstić information content (AvgIpc) is 2.31. The van der Waals surface area contributed by atoms with Gasteiger partial charge < -0.3 is 9.84 Å². The number of carboxylic acids is 1. The van der Waals surface area contributed by atoms with Gasteiger partial charge in [0.05, 0.1) is 12.2 Å². The Hall–Kier alpha value is -2.10. The van der Waals surface area contributed by atoms with Crippen molar-refractivity contribution in [1.29, 1.82) is 0 Å². The van der Waals surface area contributed by atoms with Crippen LogP contribution in [0.2, 0.25) is 0 Å². The number of ether oxygens (including phenoxy) is 1. The Morgan fingerprint density at radius 2 is 1.89 bits per heavy atom. The Bertz CT molecular complexity index is 380. The SMILES string of the molecule is C=COC(=O)[C@H](CC)c1ccccc1.CC(=O)O. The summed E-state index contributed by atoms with van der Waals surface area (Å²) in [4.78, 5) is 20.5. The van der Waals surface area contributed by atoms with E-state index in [2.05, 4.69) is 6.58 Å². The summed E-state index contributed by atoms with van der Waals surface area (Å²) in [6.45, 7) is 6.41. The quantitative estimate of drug-likeness (QED) is 0.659. The smallest absolute Gasteiger partial charge is 0.318 e. The maximum absolute atomic E-state index is 11.5. The minimum absolute atomic E-state index is 0.186. The molecule has 18 heavy (non-hydrogen) atoms. The molecule has 0 aromatic heterocycles. The Morgan fingerprint density at radius 1 is 1.39 bits per heavy atom. The van der Waals surface area contributed by atoms with Crippen LogP contribution < -0.4 is 0 Å². The fourth-order valence-corrected chi connectivity index (χ4v) is 1.39. The second-order valence-electron chi connectivity index (χ2n) is 3.49. The minimum atomic E-state index is -0.833. The topological polar surface area (TPSA) is 63.6 Å². The molecule has 1 aromatic carbocycles. The lowest BCUT2D eigenvalue weighted by Crippen LogP contribution is -2.12. The Morgan fingerprint density at radius 3 is 2.28 bits per heavy atom. The van der Waals surface area contributed by atoms with Crippen molar-refractivity contribution in [1.82, 2.24) is 0 Å². The molecule has 0 fully saturated rings. The number of carboxylic acid groups (broad SMARTS) is 1. The van der Waals surface area contributed by atoms with Crippen LogP contribution in [0.3, 0.4) is 0 Å². The van der Waals surface area contributed by atoms with Crippen molar-refractivity contribution in [3.8, 4) is 0 Å². The number of benzene rings is 1. The molecule has 4 heteroatoms. The minimum Gasteiger partial charge on any atom is -0.481 e. The summed E-state index contributed by atoms with van der Waals surface area (Å²) in [5, 5.41) is 7.42. The zero-order valence-corrected chi connectivity index (χ0v) is 10.6. The maximum atomic E-state index is 11.5. The Labute approximate surface area is 107 Å². The molecule has 0 bridgehead atoms. The molecule has 0 aliphatic carbocycles. The summed E-state index contributed by atoms with van der Waals surface area (Å²) in [5.41, 5.74) is 0.988. The molecular weight excluding hydrogens is 232 g/mol. The molecule has 0 radical (unpaired) electrons. The molecular formula is C14H18O4. The van der Waals surface area contributed by atoms with E-state index in [9.17, 15) is 4.79 Å². The lowest BCUT2D eigenvalue weighted by atomic mass is 9.97. The number of rotatable bonds is 4. The second-order valence-corrected chi connectivity index (χ2v) is 3.49. The standard InChI is InChI=1S/C12H14O2.C2H4O2/c1-3-11(12(13)14-4-2)10-8-6-5-7-9-10;1-2(3)4/h4-9,11H,2-3H2,1H3;1H3,(H,3,4)/t11-;/m1./s1. The Kier molecular flexibility index (Phi) is 7.94. The van der Waals surface area contributed by atoms with Gasteiger partial charge in [-0.1, -0.05) is 43.8 Å². The first kappa shape index (κ1) is 15.9. The lowest BCUT2D eigenvalue weighted by molar-refractivity contribution is -0.140. The number of carbonyl (C=O) groups is 2. The van der Waals surface area contributed by atoms with Crippen LogP contribution in [-0.2, 0) is 14.3 Å². The third-order valence-electron chi connectivity index (χ3n) is 2.09. The van der Waals surface area contributed by atoms with Gasteiger partial charge in [0.15, 0.2) is 0 Å². The summed E-state index contributed by atoms with van der Waals surface area (Å²) in [7, 11) is 0. The molecule has 0 saturated carbocycles. The van der Waals surface area contributed by atoms with Gasteiger partial charge in [-0.15, -0.1) is 0 Å². The van der Waals surface area contributed by atoms with Crippen LogP contribution in [0.4, 0.5) is 0 Å². The van der Waals surface area contributed by atoms with E-state index in [1.807, 2.05) is 37.3 Å². The monoisotopic (exact) mass is 250 g/mol. The van der Waals surface area contributed by atoms with Crippen LogP contribution in [-0.4, -0.2) is 17.0 Å². The van der Waals surface area contributed by atoms with E-state index >= 15 is 0 Å². The molecule has 0 aliphatic rings. The van der Waals surface area contributed by atoms with Gasteiger partial charge in [0.25, 0.3) is 5.97 Å². The molecule has 1 rings (SSSR count). The summed E-state index contributed by atoms with van der Waals surface area (Å²) < 4.78 is 4.77. The van der Waals surface area contributed by atoms with Gasteiger partial charge in [0, 0.05) is 6.92 Å². The van der Waals surface area contributed by atoms with Crippen molar-refractivity contribution in [2.75, 3.05) is 0 Å². The van der Waals surface area contributed by atoms with E-state index in [1.54, 1.807) is 0 Å². The van der Waals surface area contributed by atoms with Gasteiger partial charge in [-0.3, -0.25) is 9.59 Å². The predicted molar refractivity (Wildman–Crippen MR) is 69.1 cm³/mol. The normalized spacial score (nSPS) is 10.6. The zero-order chi connectivity index (χ0) is 14.0. The number of aliphatic carboxylic acids is 1. The van der Waals surface area contributed by atoms with Crippen LogP contribution in [0.25, 0.3) is 0 Å². The molecule has 0 aliphatic heterocycles. The Balaban J connectivity index is 0.000000631. The van der Waals surface area contributed by atoms with E-state index in [0.29, 0.717) is 0 Å². The van der Waals surface area contributed by atoms with Crippen LogP contribution in [0.5, 0.6) is 0 Å². The van der Waals surface area contributed by atoms with E-state index in [-0.39, 0.29) is 11.9 Å². The highest BCUT2D eigenvalue weighted by Gasteiger charge is 2.18.